The number of carboxylic acids is 1. The van der Waals surface area contributed by atoms with E-state index in [1.54, 1.807) is 4.90 Å². The van der Waals surface area contributed by atoms with Gasteiger partial charge in [-0.05, 0) is 32.1 Å². The maximum atomic E-state index is 13.0. The van der Waals surface area contributed by atoms with Crippen LogP contribution in [0.15, 0.2) is 0 Å². The number of carboxylic acid groups (broad SMARTS) is 1. The predicted molar refractivity (Wildman–Crippen MR) is 73.1 cm³/mol. The van der Waals surface area contributed by atoms with E-state index in [4.69, 9.17) is 10.5 Å². The quantitative estimate of drug-likeness (QED) is 0.788. The standard InChI is InChI=1S/C14H24N2O4/c1-2-14(12(18)19)4-3-7-16(14)11(17)13(10-15)5-8-20-9-6-13/h2-10,15H2,1H3,(H,18,19). The highest BCUT2D eigenvalue weighted by Gasteiger charge is 2.53. The van der Waals surface area contributed by atoms with E-state index in [1.807, 2.05) is 6.92 Å². The second kappa shape index (κ2) is 5.69. The summed E-state index contributed by atoms with van der Waals surface area (Å²) in [7, 11) is 0. The van der Waals surface area contributed by atoms with Crippen LogP contribution in [0.4, 0.5) is 0 Å². The molecule has 2 rings (SSSR count). The summed E-state index contributed by atoms with van der Waals surface area (Å²) in [4.78, 5) is 26.2. The molecule has 0 aromatic carbocycles. The Kier molecular flexibility index (Phi) is 4.34. The molecule has 1 atom stereocenters. The number of nitrogens with zero attached hydrogens (tertiary/aromatic N) is 1. The number of hydrogen-bond acceptors (Lipinski definition) is 4. The molecule has 1 unspecified atom stereocenters. The first-order valence-electron chi connectivity index (χ1n) is 7.36. The Hall–Kier alpha value is -1.14. The second-order valence-electron chi connectivity index (χ2n) is 5.85. The van der Waals surface area contributed by atoms with Gasteiger partial charge in [0.25, 0.3) is 0 Å². The predicted octanol–water partition coefficient (Wildman–Crippen LogP) is 0.598. The van der Waals surface area contributed by atoms with Gasteiger partial charge in [-0.1, -0.05) is 6.92 Å². The van der Waals surface area contributed by atoms with Gasteiger partial charge in [0.05, 0.1) is 5.41 Å². The number of nitrogens with two attached hydrogens (primary N) is 1. The van der Waals surface area contributed by atoms with E-state index in [-0.39, 0.29) is 12.5 Å². The molecule has 2 aliphatic heterocycles. The number of ether oxygens (including phenoxy) is 1. The van der Waals surface area contributed by atoms with Gasteiger partial charge < -0.3 is 20.5 Å². The zero-order valence-electron chi connectivity index (χ0n) is 12.1. The van der Waals surface area contributed by atoms with Crippen molar-refractivity contribution in [1.82, 2.24) is 4.90 Å². The van der Waals surface area contributed by atoms with Gasteiger partial charge in [0, 0.05) is 26.3 Å². The summed E-state index contributed by atoms with van der Waals surface area (Å²) in [6, 6.07) is 0. The van der Waals surface area contributed by atoms with E-state index in [1.165, 1.54) is 0 Å². The van der Waals surface area contributed by atoms with Crippen molar-refractivity contribution in [3.63, 3.8) is 0 Å². The molecule has 2 aliphatic rings. The lowest BCUT2D eigenvalue weighted by Crippen LogP contribution is -2.59. The molecule has 20 heavy (non-hydrogen) atoms. The van der Waals surface area contributed by atoms with E-state index in [9.17, 15) is 14.7 Å². The number of carbonyl (C=O) groups is 2. The third-order valence-electron chi connectivity index (χ3n) is 5.01. The second-order valence-corrected chi connectivity index (χ2v) is 5.85. The maximum absolute atomic E-state index is 13.0. The Morgan fingerprint density at radius 3 is 2.45 bits per heavy atom. The topological polar surface area (TPSA) is 92.9 Å². The normalized spacial score (nSPS) is 29.4. The smallest absolute Gasteiger partial charge is 0.329 e. The fraction of sp³-hybridized carbons (Fsp3) is 0.857. The third-order valence-corrected chi connectivity index (χ3v) is 5.01. The van der Waals surface area contributed by atoms with Crippen LogP contribution in [0.3, 0.4) is 0 Å². The average Bonchev–Trinajstić information content (AvgIpc) is 2.92. The number of aliphatic carboxylic acids is 1. The van der Waals surface area contributed by atoms with Crippen molar-refractivity contribution in [3.05, 3.63) is 0 Å². The Morgan fingerprint density at radius 2 is 1.95 bits per heavy atom. The van der Waals surface area contributed by atoms with Gasteiger partial charge in [-0.15, -0.1) is 0 Å². The van der Waals surface area contributed by atoms with E-state index in [0.29, 0.717) is 45.4 Å². The number of hydrogen-bond donors (Lipinski definition) is 2. The molecule has 2 saturated heterocycles. The fourth-order valence-corrected chi connectivity index (χ4v) is 3.47. The van der Waals surface area contributed by atoms with Crippen LogP contribution in [0.2, 0.25) is 0 Å². The summed E-state index contributed by atoms with van der Waals surface area (Å²) in [6.07, 6.45) is 2.87. The summed E-state index contributed by atoms with van der Waals surface area (Å²) in [5.74, 6) is -0.991. The molecule has 0 saturated carbocycles. The van der Waals surface area contributed by atoms with Crippen molar-refractivity contribution >= 4 is 11.9 Å². The van der Waals surface area contributed by atoms with E-state index >= 15 is 0 Å². The van der Waals surface area contributed by atoms with Crippen molar-refractivity contribution in [3.8, 4) is 0 Å². The van der Waals surface area contributed by atoms with Crippen molar-refractivity contribution < 1.29 is 19.4 Å². The third kappa shape index (κ3) is 2.20. The van der Waals surface area contributed by atoms with Gasteiger partial charge in [-0.3, -0.25) is 4.79 Å². The number of likely N-dealkylation sites (tertiary alicyclic amines) is 1. The van der Waals surface area contributed by atoms with E-state index in [2.05, 4.69) is 0 Å². The summed E-state index contributed by atoms with van der Waals surface area (Å²) in [5.41, 5.74) is 4.18. The highest BCUT2D eigenvalue weighted by atomic mass is 16.5. The van der Waals surface area contributed by atoms with Crippen molar-refractivity contribution in [2.24, 2.45) is 11.1 Å². The molecule has 0 radical (unpaired) electrons. The Morgan fingerprint density at radius 1 is 1.30 bits per heavy atom. The van der Waals surface area contributed by atoms with Crippen LogP contribution in [-0.4, -0.2) is 53.7 Å². The molecule has 0 spiro atoms. The van der Waals surface area contributed by atoms with E-state index < -0.39 is 16.9 Å². The molecule has 2 heterocycles. The Bertz CT molecular complexity index is 393. The van der Waals surface area contributed by atoms with Gasteiger partial charge >= 0.3 is 5.97 Å². The highest BCUT2D eigenvalue weighted by molar-refractivity contribution is 5.91. The van der Waals surface area contributed by atoms with Crippen LogP contribution >= 0.6 is 0 Å². The molecule has 2 fully saturated rings. The lowest BCUT2D eigenvalue weighted by molar-refractivity contribution is -0.164. The van der Waals surface area contributed by atoms with Gasteiger partial charge in [0.1, 0.15) is 5.54 Å². The number of rotatable bonds is 4. The summed E-state index contributed by atoms with van der Waals surface area (Å²) in [6.45, 7) is 3.64. The molecule has 0 bridgehead atoms. The van der Waals surface area contributed by atoms with Crippen LogP contribution in [-0.2, 0) is 14.3 Å². The minimum absolute atomic E-state index is 0.0925. The first-order chi connectivity index (χ1) is 9.52. The Labute approximate surface area is 119 Å². The van der Waals surface area contributed by atoms with Crippen LogP contribution in [0.25, 0.3) is 0 Å². The van der Waals surface area contributed by atoms with Crippen LogP contribution < -0.4 is 5.73 Å². The van der Waals surface area contributed by atoms with Crippen LogP contribution in [0.5, 0.6) is 0 Å². The minimum Gasteiger partial charge on any atom is -0.479 e. The molecule has 3 N–H and O–H groups in total. The minimum atomic E-state index is -1.04. The summed E-state index contributed by atoms with van der Waals surface area (Å²) < 4.78 is 5.32. The molecule has 6 nitrogen and oxygen atoms in total. The Balaban J connectivity index is 2.28. The van der Waals surface area contributed by atoms with Crippen LogP contribution in [0, 0.1) is 5.41 Å². The number of carbonyl (C=O) groups excluding carboxylic acids is 1. The first kappa shape index (κ1) is 15.3. The van der Waals surface area contributed by atoms with E-state index in [0.717, 1.165) is 6.42 Å². The van der Waals surface area contributed by atoms with Crippen LogP contribution in [0.1, 0.15) is 39.0 Å². The van der Waals surface area contributed by atoms with Crippen molar-refractivity contribution in [1.29, 1.82) is 0 Å². The molecule has 0 aromatic rings. The van der Waals surface area contributed by atoms with Gasteiger partial charge in [-0.25, -0.2) is 4.79 Å². The molecule has 6 heteroatoms. The SMILES string of the molecule is CCC1(C(=O)O)CCCN1C(=O)C1(CN)CCOCC1. The van der Waals surface area contributed by atoms with Gasteiger partial charge in [0.2, 0.25) is 5.91 Å². The highest BCUT2D eigenvalue weighted by Crippen LogP contribution is 2.39. The molecular weight excluding hydrogens is 260 g/mol. The van der Waals surface area contributed by atoms with Crippen molar-refractivity contribution in [2.75, 3.05) is 26.3 Å². The molecule has 0 aromatic heterocycles. The zero-order valence-corrected chi connectivity index (χ0v) is 12.1. The van der Waals surface area contributed by atoms with Gasteiger partial charge in [-0.2, -0.15) is 0 Å². The lowest BCUT2D eigenvalue weighted by atomic mass is 9.77. The van der Waals surface area contributed by atoms with Gasteiger partial charge in [0.15, 0.2) is 0 Å². The van der Waals surface area contributed by atoms with Crippen molar-refractivity contribution in [2.45, 2.75) is 44.6 Å². The maximum Gasteiger partial charge on any atom is 0.329 e. The first-order valence-corrected chi connectivity index (χ1v) is 7.36. The lowest BCUT2D eigenvalue weighted by Gasteiger charge is -2.42. The fourth-order valence-electron chi connectivity index (χ4n) is 3.47. The number of amides is 1. The molecular formula is C14H24N2O4. The molecule has 0 aliphatic carbocycles. The monoisotopic (exact) mass is 284 g/mol. The molecule has 114 valence electrons. The average molecular weight is 284 g/mol. The summed E-state index contributed by atoms with van der Waals surface area (Å²) >= 11 is 0. The zero-order chi connectivity index (χ0) is 14.8. The largest absolute Gasteiger partial charge is 0.479 e. The molecule has 1 amide bonds. The summed E-state index contributed by atoms with van der Waals surface area (Å²) in [5, 5.41) is 9.59.